The molecule has 0 aliphatic heterocycles. The zero-order valence-electron chi connectivity index (χ0n) is 12.2. The Balaban J connectivity index is 2.44. The van der Waals surface area contributed by atoms with Crippen LogP contribution in [0.2, 0.25) is 6.04 Å². The Kier molecular flexibility index (Phi) is 7.26. The molecular formula is C14H26N2O2Si. The van der Waals surface area contributed by atoms with Crippen molar-refractivity contribution < 1.29 is 8.85 Å². The molecule has 0 amide bonds. The molecule has 5 heteroatoms. The van der Waals surface area contributed by atoms with Gasteiger partial charge in [0, 0.05) is 20.4 Å². The van der Waals surface area contributed by atoms with E-state index in [2.05, 4.69) is 29.6 Å². The summed E-state index contributed by atoms with van der Waals surface area (Å²) in [5, 5.41) is 3.23. The highest BCUT2D eigenvalue weighted by Crippen LogP contribution is 2.16. The Morgan fingerprint density at radius 2 is 1.84 bits per heavy atom. The highest BCUT2D eigenvalue weighted by Gasteiger charge is 2.34. The van der Waals surface area contributed by atoms with Crippen LogP contribution >= 0.6 is 0 Å². The van der Waals surface area contributed by atoms with Gasteiger partial charge in [0.15, 0.2) is 0 Å². The first kappa shape index (κ1) is 16.3. The molecule has 0 saturated carbocycles. The van der Waals surface area contributed by atoms with Crippen molar-refractivity contribution in [1.82, 2.24) is 5.32 Å². The molecule has 0 aromatic heterocycles. The fourth-order valence-corrected chi connectivity index (χ4v) is 4.43. The van der Waals surface area contributed by atoms with E-state index >= 15 is 0 Å². The Morgan fingerprint density at radius 1 is 1.21 bits per heavy atom. The van der Waals surface area contributed by atoms with E-state index in [4.69, 9.17) is 14.6 Å². The van der Waals surface area contributed by atoms with Gasteiger partial charge in [0.05, 0.1) is 6.17 Å². The van der Waals surface area contributed by atoms with E-state index in [1.807, 2.05) is 13.0 Å². The Hall–Kier alpha value is -0.723. The number of benzene rings is 1. The standard InChI is InChI=1S/C14H26N2O2Si/c1-13(15)16-12-19(17-2,18-3)11-7-10-14-8-5-4-6-9-14/h4-6,8-9,13,16H,7,10-12,15H2,1-3H3. The molecule has 1 unspecified atom stereocenters. The van der Waals surface area contributed by atoms with Crippen LogP contribution < -0.4 is 11.1 Å². The van der Waals surface area contributed by atoms with Gasteiger partial charge < -0.3 is 19.9 Å². The summed E-state index contributed by atoms with van der Waals surface area (Å²) >= 11 is 0. The lowest BCUT2D eigenvalue weighted by Gasteiger charge is -2.28. The van der Waals surface area contributed by atoms with Crippen LogP contribution in [0.15, 0.2) is 30.3 Å². The summed E-state index contributed by atoms with van der Waals surface area (Å²) in [5.41, 5.74) is 7.09. The summed E-state index contributed by atoms with van der Waals surface area (Å²) < 4.78 is 11.3. The van der Waals surface area contributed by atoms with Gasteiger partial charge in [0.2, 0.25) is 0 Å². The van der Waals surface area contributed by atoms with Gasteiger partial charge in [-0.15, -0.1) is 0 Å². The lowest BCUT2D eigenvalue weighted by molar-refractivity contribution is 0.236. The van der Waals surface area contributed by atoms with E-state index in [9.17, 15) is 0 Å². The van der Waals surface area contributed by atoms with Crippen molar-refractivity contribution in [3.8, 4) is 0 Å². The molecule has 0 radical (unpaired) electrons. The zero-order chi connectivity index (χ0) is 14.1. The van der Waals surface area contributed by atoms with E-state index in [-0.39, 0.29) is 6.17 Å². The van der Waals surface area contributed by atoms with Crippen LogP contribution in [0.5, 0.6) is 0 Å². The molecule has 4 nitrogen and oxygen atoms in total. The number of nitrogens with two attached hydrogens (primary N) is 1. The molecule has 0 heterocycles. The number of hydrogen-bond donors (Lipinski definition) is 2. The van der Waals surface area contributed by atoms with Crippen molar-refractivity contribution in [2.45, 2.75) is 32.0 Å². The third kappa shape index (κ3) is 5.84. The predicted octanol–water partition coefficient (Wildman–Crippen LogP) is 1.79. The average Bonchev–Trinajstić information content (AvgIpc) is 2.44. The molecule has 0 aliphatic rings. The smallest absolute Gasteiger partial charge is 0.351 e. The lowest BCUT2D eigenvalue weighted by atomic mass is 10.1. The van der Waals surface area contributed by atoms with Gasteiger partial charge in [-0.25, -0.2) is 0 Å². The minimum Gasteiger partial charge on any atom is -0.397 e. The Labute approximate surface area is 117 Å². The van der Waals surface area contributed by atoms with Gasteiger partial charge in [-0.1, -0.05) is 30.3 Å². The van der Waals surface area contributed by atoms with Gasteiger partial charge in [-0.05, 0) is 31.4 Å². The highest BCUT2D eigenvalue weighted by atomic mass is 28.4. The van der Waals surface area contributed by atoms with Crippen molar-refractivity contribution in [1.29, 1.82) is 0 Å². The van der Waals surface area contributed by atoms with Crippen LogP contribution in [0.25, 0.3) is 0 Å². The summed E-state index contributed by atoms with van der Waals surface area (Å²) in [4.78, 5) is 0. The van der Waals surface area contributed by atoms with E-state index < -0.39 is 8.56 Å². The molecule has 0 saturated heterocycles. The highest BCUT2D eigenvalue weighted by molar-refractivity contribution is 6.67. The van der Waals surface area contributed by atoms with E-state index in [0.717, 1.165) is 25.1 Å². The Morgan fingerprint density at radius 3 is 2.37 bits per heavy atom. The summed E-state index contributed by atoms with van der Waals surface area (Å²) in [6.07, 6.45) is 2.82. The van der Waals surface area contributed by atoms with E-state index in [1.165, 1.54) is 5.56 Å². The van der Waals surface area contributed by atoms with Crippen molar-refractivity contribution in [3.63, 3.8) is 0 Å². The first-order chi connectivity index (χ1) is 9.12. The minimum absolute atomic E-state index is 0.0358. The van der Waals surface area contributed by atoms with Crippen LogP contribution in [0.1, 0.15) is 18.9 Å². The average molecular weight is 282 g/mol. The van der Waals surface area contributed by atoms with Crippen molar-refractivity contribution in [2.24, 2.45) is 5.73 Å². The molecule has 3 N–H and O–H groups in total. The van der Waals surface area contributed by atoms with Gasteiger partial charge in [-0.2, -0.15) is 0 Å². The van der Waals surface area contributed by atoms with Gasteiger partial charge in [0.25, 0.3) is 0 Å². The summed E-state index contributed by atoms with van der Waals surface area (Å²) in [5.74, 6) is 0. The Bertz CT molecular complexity index is 343. The quantitative estimate of drug-likeness (QED) is 0.535. The molecule has 1 aromatic carbocycles. The monoisotopic (exact) mass is 282 g/mol. The van der Waals surface area contributed by atoms with Crippen molar-refractivity contribution in [3.05, 3.63) is 35.9 Å². The maximum absolute atomic E-state index is 5.73. The normalized spacial score (nSPS) is 13.5. The maximum atomic E-state index is 5.73. The number of hydrogen-bond acceptors (Lipinski definition) is 4. The lowest BCUT2D eigenvalue weighted by Crippen LogP contribution is -2.53. The third-order valence-electron chi connectivity index (χ3n) is 3.30. The topological polar surface area (TPSA) is 56.5 Å². The summed E-state index contributed by atoms with van der Waals surface area (Å²) in [6.45, 7) is 1.93. The van der Waals surface area contributed by atoms with Crippen LogP contribution in [0.4, 0.5) is 0 Å². The summed E-state index contributed by atoms with van der Waals surface area (Å²) in [7, 11) is 1.32. The minimum atomic E-state index is -2.15. The summed E-state index contributed by atoms with van der Waals surface area (Å²) in [6, 6.07) is 11.5. The van der Waals surface area contributed by atoms with E-state index in [1.54, 1.807) is 14.2 Å². The second kappa shape index (κ2) is 8.45. The second-order valence-corrected chi connectivity index (χ2v) is 8.32. The number of rotatable bonds is 9. The first-order valence-corrected chi connectivity index (χ1v) is 8.98. The number of aryl methyl sites for hydroxylation is 1. The van der Waals surface area contributed by atoms with Gasteiger partial charge in [-0.3, -0.25) is 0 Å². The zero-order valence-corrected chi connectivity index (χ0v) is 13.2. The molecule has 1 rings (SSSR count). The molecule has 19 heavy (non-hydrogen) atoms. The van der Waals surface area contributed by atoms with Crippen LogP contribution in [-0.4, -0.2) is 35.1 Å². The van der Waals surface area contributed by atoms with Crippen LogP contribution in [0, 0.1) is 0 Å². The third-order valence-corrected chi connectivity index (χ3v) is 6.65. The molecule has 108 valence electrons. The van der Waals surface area contributed by atoms with Crippen molar-refractivity contribution in [2.75, 3.05) is 20.4 Å². The fourth-order valence-electron chi connectivity index (χ4n) is 2.04. The molecular weight excluding hydrogens is 256 g/mol. The maximum Gasteiger partial charge on any atom is 0.351 e. The molecule has 0 bridgehead atoms. The molecule has 0 fully saturated rings. The van der Waals surface area contributed by atoms with Crippen LogP contribution in [-0.2, 0) is 15.3 Å². The SMILES string of the molecule is CO[Si](CCCc1ccccc1)(CNC(C)N)OC. The fraction of sp³-hybridized carbons (Fsp3) is 0.571. The van der Waals surface area contributed by atoms with Gasteiger partial charge in [0.1, 0.15) is 0 Å². The van der Waals surface area contributed by atoms with Crippen molar-refractivity contribution >= 4 is 8.56 Å². The first-order valence-electron chi connectivity index (χ1n) is 6.75. The second-order valence-electron chi connectivity index (χ2n) is 4.83. The van der Waals surface area contributed by atoms with E-state index in [0.29, 0.717) is 0 Å². The molecule has 1 aromatic rings. The van der Waals surface area contributed by atoms with Crippen LogP contribution in [0.3, 0.4) is 0 Å². The molecule has 0 spiro atoms. The van der Waals surface area contributed by atoms with Gasteiger partial charge >= 0.3 is 8.56 Å². The predicted molar refractivity (Wildman–Crippen MR) is 81.0 cm³/mol. The number of nitrogens with one attached hydrogen (secondary N) is 1. The largest absolute Gasteiger partial charge is 0.397 e. The molecule has 0 aliphatic carbocycles. The molecule has 1 atom stereocenters.